The predicted molar refractivity (Wildman–Crippen MR) is 118 cm³/mol. The standard InChI is InChI=1S/C26H14N4/c1-30-26-12-8-20(9-13-26)7-11-23-15-24(17-28)22(14-25(23)18-29)10-6-19-2-4-21(16-27)5-3-19/h2-15H/b10-6+,11-7+. The monoisotopic (exact) mass is 382 g/mol. The van der Waals surface area contributed by atoms with Crippen LogP contribution in [0.25, 0.3) is 29.1 Å². The lowest BCUT2D eigenvalue weighted by molar-refractivity contribution is 1.43. The third-order valence-electron chi connectivity index (χ3n) is 4.44. The molecule has 0 spiro atoms. The first-order chi connectivity index (χ1) is 14.7. The van der Waals surface area contributed by atoms with Gasteiger partial charge in [-0.15, -0.1) is 0 Å². The van der Waals surface area contributed by atoms with Gasteiger partial charge in [0.1, 0.15) is 0 Å². The average molecular weight is 382 g/mol. The molecule has 0 unspecified atom stereocenters. The molecule has 0 atom stereocenters. The Hall–Kier alpha value is -4.90. The second-order valence-electron chi connectivity index (χ2n) is 6.35. The lowest BCUT2D eigenvalue weighted by Gasteiger charge is -2.04. The molecular weight excluding hydrogens is 368 g/mol. The molecule has 0 amide bonds. The van der Waals surface area contributed by atoms with Gasteiger partial charge < -0.3 is 0 Å². The molecule has 0 saturated heterocycles. The van der Waals surface area contributed by atoms with E-state index in [-0.39, 0.29) is 0 Å². The summed E-state index contributed by atoms with van der Waals surface area (Å²) in [6, 6.07) is 24.1. The predicted octanol–water partition coefficient (Wildman–Crippen LogP) is 6.19. The van der Waals surface area contributed by atoms with E-state index in [2.05, 4.69) is 23.1 Å². The summed E-state index contributed by atoms with van der Waals surface area (Å²) < 4.78 is 0. The van der Waals surface area contributed by atoms with Crippen LogP contribution in [-0.2, 0) is 0 Å². The van der Waals surface area contributed by atoms with Crippen molar-refractivity contribution in [3.05, 3.63) is 111 Å². The van der Waals surface area contributed by atoms with E-state index in [0.29, 0.717) is 33.5 Å². The SMILES string of the molecule is [C-]#[N+]c1ccc(/C=C/c2cc(C#N)c(/C=C/c3ccc(C#N)cc3)cc2C#N)cc1. The minimum absolute atomic E-state index is 0.460. The summed E-state index contributed by atoms with van der Waals surface area (Å²) in [7, 11) is 0. The summed E-state index contributed by atoms with van der Waals surface area (Å²) in [5, 5.41) is 28.0. The number of nitrogens with zero attached hydrogens (tertiary/aromatic N) is 4. The Morgan fingerprint density at radius 3 is 1.50 bits per heavy atom. The lowest BCUT2D eigenvalue weighted by Crippen LogP contribution is -1.90. The summed E-state index contributed by atoms with van der Waals surface area (Å²) in [6.07, 6.45) is 7.27. The summed E-state index contributed by atoms with van der Waals surface area (Å²) in [5.74, 6) is 0. The molecule has 4 nitrogen and oxygen atoms in total. The zero-order valence-electron chi connectivity index (χ0n) is 15.9. The van der Waals surface area contributed by atoms with Crippen LogP contribution in [0.4, 0.5) is 5.69 Å². The molecule has 0 N–H and O–H groups in total. The van der Waals surface area contributed by atoms with E-state index in [4.69, 9.17) is 11.8 Å². The van der Waals surface area contributed by atoms with Crippen LogP contribution in [0, 0.1) is 40.6 Å². The largest absolute Gasteiger partial charge is 0.238 e. The minimum Gasteiger partial charge on any atom is -0.238 e. The Balaban J connectivity index is 1.91. The molecule has 3 aromatic carbocycles. The molecule has 0 fully saturated rings. The number of rotatable bonds is 4. The number of hydrogen-bond donors (Lipinski definition) is 0. The van der Waals surface area contributed by atoms with Gasteiger partial charge in [-0.3, -0.25) is 0 Å². The van der Waals surface area contributed by atoms with Gasteiger partial charge in [0, 0.05) is 0 Å². The first-order valence-electron chi connectivity index (χ1n) is 8.99. The molecule has 0 heterocycles. The smallest absolute Gasteiger partial charge is 0.187 e. The molecule has 138 valence electrons. The normalized spacial score (nSPS) is 10.3. The highest BCUT2D eigenvalue weighted by molar-refractivity contribution is 5.79. The lowest BCUT2D eigenvalue weighted by atomic mass is 9.97. The van der Waals surface area contributed by atoms with E-state index in [1.165, 1.54) is 0 Å². The third kappa shape index (κ3) is 4.68. The fourth-order valence-corrected chi connectivity index (χ4v) is 2.80. The van der Waals surface area contributed by atoms with Crippen molar-refractivity contribution in [2.75, 3.05) is 0 Å². The van der Waals surface area contributed by atoms with Crippen molar-refractivity contribution in [1.29, 1.82) is 15.8 Å². The van der Waals surface area contributed by atoms with Gasteiger partial charge in [0.2, 0.25) is 0 Å². The molecule has 0 aliphatic heterocycles. The number of hydrogen-bond acceptors (Lipinski definition) is 3. The maximum Gasteiger partial charge on any atom is 0.187 e. The van der Waals surface area contributed by atoms with Crippen LogP contribution in [-0.4, -0.2) is 0 Å². The quantitative estimate of drug-likeness (QED) is 0.398. The van der Waals surface area contributed by atoms with Gasteiger partial charge >= 0.3 is 0 Å². The Morgan fingerprint density at radius 2 is 1.10 bits per heavy atom. The van der Waals surface area contributed by atoms with Crippen molar-refractivity contribution in [3.63, 3.8) is 0 Å². The minimum atomic E-state index is 0.460. The van der Waals surface area contributed by atoms with Crippen LogP contribution in [0.3, 0.4) is 0 Å². The summed E-state index contributed by atoms with van der Waals surface area (Å²) in [6.45, 7) is 7.00. The summed E-state index contributed by atoms with van der Waals surface area (Å²) in [4.78, 5) is 3.36. The zero-order valence-corrected chi connectivity index (χ0v) is 15.9. The van der Waals surface area contributed by atoms with Crippen molar-refractivity contribution in [2.45, 2.75) is 0 Å². The van der Waals surface area contributed by atoms with E-state index in [1.54, 1.807) is 48.6 Å². The molecule has 0 saturated carbocycles. The fraction of sp³-hybridized carbons (Fsp3) is 0. The van der Waals surface area contributed by atoms with E-state index in [0.717, 1.165) is 11.1 Å². The van der Waals surface area contributed by atoms with Crippen molar-refractivity contribution >= 4 is 30.0 Å². The van der Waals surface area contributed by atoms with Crippen molar-refractivity contribution in [2.24, 2.45) is 0 Å². The van der Waals surface area contributed by atoms with Gasteiger partial charge in [-0.05, 0) is 46.5 Å². The van der Waals surface area contributed by atoms with E-state index in [1.807, 2.05) is 36.4 Å². The topological polar surface area (TPSA) is 75.7 Å². The third-order valence-corrected chi connectivity index (χ3v) is 4.44. The summed E-state index contributed by atoms with van der Waals surface area (Å²) in [5.41, 5.74) is 5.16. The molecule has 3 aromatic rings. The maximum absolute atomic E-state index is 9.56. The van der Waals surface area contributed by atoms with Gasteiger partial charge in [-0.25, -0.2) is 4.85 Å². The first kappa shape index (κ1) is 19.9. The van der Waals surface area contributed by atoms with Gasteiger partial charge in [-0.2, -0.15) is 15.8 Å². The van der Waals surface area contributed by atoms with E-state index >= 15 is 0 Å². The molecule has 0 radical (unpaired) electrons. The zero-order chi connectivity index (χ0) is 21.3. The maximum atomic E-state index is 9.56. The molecular formula is C26H14N4. The molecule has 0 aromatic heterocycles. The molecule has 4 heteroatoms. The first-order valence-corrected chi connectivity index (χ1v) is 8.99. The second-order valence-corrected chi connectivity index (χ2v) is 6.35. The molecule has 30 heavy (non-hydrogen) atoms. The van der Waals surface area contributed by atoms with Crippen LogP contribution in [0.5, 0.6) is 0 Å². The highest BCUT2D eigenvalue weighted by atomic mass is 14.6. The molecule has 3 rings (SSSR count). The molecule has 0 bridgehead atoms. The molecule has 0 aliphatic rings. The Labute approximate surface area is 175 Å². The molecule has 0 aliphatic carbocycles. The van der Waals surface area contributed by atoms with E-state index in [9.17, 15) is 10.5 Å². The van der Waals surface area contributed by atoms with Crippen molar-refractivity contribution < 1.29 is 0 Å². The Morgan fingerprint density at radius 1 is 0.633 bits per heavy atom. The van der Waals surface area contributed by atoms with Crippen molar-refractivity contribution in [3.8, 4) is 18.2 Å². The van der Waals surface area contributed by atoms with Crippen LogP contribution in [0.1, 0.15) is 38.9 Å². The van der Waals surface area contributed by atoms with E-state index < -0.39 is 0 Å². The highest BCUT2D eigenvalue weighted by Crippen LogP contribution is 2.22. The summed E-state index contributed by atoms with van der Waals surface area (Å²) >= 11 is 0. The van der Waals surface area contributed by atoms with Crippen LogP contribution < -0.4 is 0 Å². The second kappa shape index (κ2) is 9.34. The Kier molecular flexibility index (Phi) is 6.18. The van der Waals surface area contributed by atoms with Gasteiger partial charge in [0.05, 0.1) is 41.5 Å². The van der Waals surface area contributed by atoms with Gasteiger partial charge in [-0.1, -0.05) is 60.7 Å². The Bertz CT molecular complexity index is 1190. The van der Waals surface area contributed by atoms with Crippen LogP contribution in [0.2, 0.25) is 0 Å². The fourth-order valence-electron chi connectivity index (χ4n) is 2.80. The number of nitriles is 3. The number of benzene rings is 3. The van der Waals surface area contributed by atoms with Crippen LogP contribution in [0.15, 0.2) is 60.7 Å². The van der Waals surface area contributed by atoms with Gasteiger partial charge in [0.15, 0.2) is 5.69 Å². The van der Waals surface area contributed by atoms with Gasteiger partial charge in [0.25, 0.3) is 0 Å². The van der Waals surface area contributed by atoms with Crippen molar-refractivity contribution in [1.82, 2.24) is 0 Å². The van der Waals surface area contributed by atoms with Crippen LogP contribution >= 0.6 is 0 Å². The average Bonchev–Trinajstić information content (AvgIpc) is 2.81. The highest BCUT2D eigenvalue weighted by Gasteiger charge is 2.06.